The Bertz CT molecular complexity index is 673. The van der Waals surface area contributed by atoms with Crippen LogP contribution in [0, 0.1) is 11.8 Å². The molecule has 2 fully saturated rings. The SMILES string of the molecule is NC(CNS(=O)(=O)c1cc(Cl)ccc1OCC1CCOC1)C1CC1. The number of hydrogen-bond donors (Lipinski definition) is 2. The molecule has 1 saturated heterocycles. The summed E-state index contributed by atoms with van der Waals surface area (Å²) in [6, 6.07) is 4.47. The molecule has 24 heavy (non-hydrogen) atoms. The first kappa shape index (κ1) is 17.9. The lowest BCUT2D eigenvalue weighted by Gasteiger charge is -2.16. The Balaban J connectivity index is 1.70. The van der Waals surface area contributed by atoms with Crippen molar-refractivity contribution >= 4 is 21.6 Å². The van der Waals surface area contributed by atoms with Gasteiger partial charge in [0.05, 0.1) is 13.2 Å². The predicted octanol–water partition coefficient (Wildman–Crippen LogP) is 1.77. The van der Waals surface area contributed by atoms with E-state index in [1.54, 1.807) is 12.1 Å². The van der Waals surface area contributed by atoms with Crippen molar-refractivity contribution in [2.75, 3.05) is 26.4 Å². The van der Waals surface area contributed by atoms with Gasteiger partial charge in [0.15, 0.2) is 0 Å². The molecule has 1 aromatic rings. The lowest BCUT2D eigenvalue weighted by molar-refractivity contribution is 0.166. The monoisotopic (exact) mass is 374 g/mol. The Morgan fingerprint density at radius 1 is 1.38 bits per heavy atom. The summed E-state index contributed by atoms with van der Waals surface area (Å²) in [6.07, 6.45) is 3.06. The second-order valence-electron chi connectivity index (χ2n) is 6.48. The van der Waals surface area contributed by atoms with Gasteiger partial charge in [-0.3, -0.25) is 0 Å². The number of hydrogen-bond acceptors (Lipinski definition) is 5. The van der Waals surface area contributed by atoms with E-state index in [0.717, 1.165) is 25.9 Å². The summed E-state index contributed by atoms with van der Waals surface area (Å²) in [7, 11) is -3.73. The third-order valence-electron chi connectivity index (χ3n) is 4.43. The first-order valence-corrected chi connectivity index (χ1v) is 10.1. The summed E-state index contributed by atoms with van der Waals surface area (Å²) < 4.78 is 38.9. The molecule has 0 spiro atoms. The van der Waals surface area contributed by atoms with Crippen molar-refractivity contribution in [3.8, 4) is 5.75 Å². The quantitative estimate of drug-likeness (QED) is 0.723. The second-order valence-corrected chi connectivity index (χ2v) is 8.66. The maximum atomic E-state index is 12.6. The maximum Gasteiger partial charge on any atom is 0.244 e. The molecule has 2 unspecified atom stereocenters. The topological polar surface area (TPSA) is 90.7 Å². The van der Waals surface area contributed by atoms with Crippen LogP contribution >= 0.6 is 11.6 Å². The summed E-state index contributed by atoms with van der Waals surface area (Å²) in [5.74, 6) is 1.01. The van der Waals surface area contributed by atoms with Crippen LogP contribution in [0.25, 0.3) is 0 Å². The zero-order valence-corrected chi connectivity index (χ0v) is 15.0. The number of nitrogens with one attached hydrogen (secondary N) is 1. The van der Waals surface area contributed by atoms with Crippen LogP contribution in [0.1, 0.15) is 19.3 Å². The predicted molar refractivity (Wildman–Crippen MR) is 91.8 cm³/mol. The molecule has 1 aliphatic heterocycles. The van der Waals surface area contributed by atoms with Crippen LogP contribution in [0.2, 0.25) is 5.02 Å². The molecular formula is C16H23ClN2O4S. The van der Waals surface area contributed by atoms with Crippen molar-refractivity contribution in [1.29, 1.82) is 0 Å². The number of benzene rings is 1. The fourth-order valence-corrected chi connectivity index (χ4v) is 4.19. The van der Waals surface area contributed by atoms with Gasteiger partial charge < -0.3 is 15.2 Å². The third kappa shape index (κ3) is 4.61. The van der Waals surface area contributed by atoms with Crippen LogP contribution in [-0.4, -0.2) is 40.8 Å². The highest BCUT2D eigenvalue weighted by Crippen LogP contribution is 2.32. The van der Waals surface area contributed by atoms with E-state index in [9.17, 15) is 8.42 Å². The van der Waals surface area contributed by atoms with Crippen molar-refractivity contribution in [3.63, 3.8) is 0 Å². The number of sulfonamides is 1. The van der Waals surface area contributed by atoms with Crippen molar-refractivity contribution < 1.29 is 17.9 Å². The fraction of sp³-hybridized carbons (Fsp3) is 0.625. The van der Waals surface area contributed by atoms with E-state index in [1.165, 1.54) is 6.07 Å². The van der Waals surface area contributed by atoms with Gasteiger partial charge in [-0.1, -0.05) is 11.6 Å². The van der Waals surface area contributed by atoms with Gasteiger partial charge >= 0.3 is 0 Å². The van der Waals surface area contributed by atoms with E-state index in [2.05, 4.69) is 4.72 Å². The minimum Gasteiger partial charge on any atom is -0.492 e. The molecule has 0 aromatic heterocycles. The van der Waals surface area contributed by atoms with Gasteiger partial charge in [0.25, 0.3) is 0 Å². The smallest absolute Gasteiger partial charge is 0.244 e. The number of ether oxygens (including phenoxy) is 2. The molecule has 1 aliphatic carbocycles. The average Bonchev–Trinajstić information content (AvgIpc) is 3.28. The molecule has 3 N–H and O–H groups in total. The summed E-state index contributed by atoms with van der Waals surface area (Å²) in [6.45, 7) is 2.01. The molecule has 134 valence electrons. The van der Waals surface area contributed by atoms with Gasteiger partial charge in [-0.2, -0.15) is 0 Å². The molecule has 2 atom stereocenters. The Hall–Kier alpha value is -0.860. The summed E-state index contributed by atoms with van der Waals surface area (Å²) in [5.41, 5.74) is 5.98. The molecule has 0 bridgehead atoms. The van der Waals surface area contributed by atoms with Gasteiger partial charge in [-0.15, -0.1) is 0 Å². The van der Waals surface area contributed by atoms with E-state index >= 15 is 0 Å². The Morgan fingerprint density at radius 3 is 2.83 bits per heavy atom. The summed E-state index contributed by atoms with van der Waals surface area (Å²) in [5, 5.41) is 0.346. The molecular weight excluding hydrogens is 352 g/mol. The summed E-state index contributed by atoms with van der Waals surface area (Å²) >= 11 is 5.98. The van der Waals surface area contributed by atoms with Crippen molar-refractivity contribution in [3.05, 3.63) is 23.2 Å². The van der Waals surface area contributed by atoms with Gasteiger partial charge in [-0.05, 0) is 43.4 Å². The molecule has 2 aliphatic rings. The van der Waals surface area contributed by atoms with Crippen molar-refractivity contribution in [1.82, 2.24) is 4.72 Å². The van der Waals surface area contributed by atoms with Gasteiger partial charge in [-0.25, -0.2) is 13.1 Å². The van der Waals surface area contributed by atoms with Crippen LogP contribution in [-0.2, 0) is 14.8 Å². The molecule has 1 heterocycles. The molecule has 8 heteroatoms. The largest absolute Gasteiger partial charge is 0.492 e. The first-order valence-electron chi connectivity index (χ1n) is 8.21. The van der Waals surface area contributed by atoms with Gasteiger partial charge in [0.2, 0.25) is 10.0 Å². The lowest BCUT2D eigenvalue weighted by atomic mass is 10.1. The highest BCUT2D eigenvalue weighted by atomic mass is 35.5. The number of rotatable bonds is 8. The Labute approximate surface area is 147 Å². The molecule has 1 saturated carbocycles. The van der Waals surface area contributed by atoms with E-state index in [-0.39, 0.29) is 23.4 Å². The standard InChI is InChI=1S/C16H23ClN2O4S/c17-13-3-4-15(23-10-11-5-6-22-9-11)16(7-13)24(20,21)19-8-14(18)12-1-2-12/h3-4,7,11-12,14,19H,1-2,5-6,8-10,18H2. The highest BCUT2D eigenvalue weighted by molar-refractivity contribution is 7.89. The van der Waals surface area contributed by atoms with E-state index in [4.69, 9.17) is 26.8 Å². The van der Waals surface area contributed by atoms with Crippen LogP contribution in [0.3, 0.4) is 0 Å². The minimum absolute atomic E-state index is 0.0527. The maximum absolute atomic E-state index is 12.6. The zero-order chi connectivity index (χ0) is 17.2. The zero-order valence-electron chi connectivity index (χ0n) is 13.4. The number of nitrogens with two attached hydrogens (primary N) is 1. The fourth-order valence-electron chi connectivity index (χ4n) is 2.71. The Morgan fingerprint density at radius 2 is 2.17 bits per heavy atom. The van der Waals surface area contributed by atoms with Crippen LogP contribution in [0.5, 0.6) is 5.75 Å². The van der Waals surface area contributed by atoms with Crippen LogP contribution < -0.4 is 15.2 Å². The first-order chi connectivity index (χ1) is 11.5. The average molecular weight is 375 g/mol. The second kappa shape index (κ2) is 7.58. The molecule has 6 nitrogen and oxygen atoms in total. The molecule has 1 aromatic carbocycles. The molecule has 0 radical (unpaired) electrons. The van der Waals surface area contributed by atoms with Gasteiger partial charge in [0, 0.05) is 30.1 Å². The molecule has 0 amide bonds. The highest BCUT2D eigenvalue weighted by Gasteiger charge is 2.30. The van der Waals surface area contributed by atoms with Crippen molar-refractivity contribution in [2.24, 2.45) is 17.6 Å². The van der Waals surface area contributed by atoms with Crippen LogP contribution in [0.4, 0.5) is 0 Å². The van der Waals surface area contributed by atoms with E-state index < -0.39 is 10.0 Å². The summed E-state index contributed by atoms with van der Waals surface area (Å²) in [4.78, 5) is 0.0527. The lowest BCUT2D eigenvalue weighted by Crippen LogP contribution is -2.38. The van der Waals surface area contributed by atoms with Crippen LogP contribution in [0.15, 0.2) is 23.1 Å². The molecule has 3 rings (SSSR count). The normalized spacial score (nSPS) is 22.5. The van der Waals surface area contributed by atoms with E-state index in [1.807, 2.05) is 0 Å². The minimum atomic E-state index is -3.73. The Kier molecular flexibility index (Phi) is 5.66. The van der Waals surface area contributed by atoms with Crippen molar-refractivity contribution in [2.45, 2.75) is 30.2 Å². The van der Waals surface area contributed by atoms with Gasteiger partial charge in [0.1, 0.15) is 10.6 Å². The van der Waals surface area contributed by atoms with E-state index in [0.29, 0.717) is 29.9 Å². The number of halogens is 1. The third-order valence-corrected chi connectivity index (χ3v) is 6.11.